The molecule has 0 aliphatic carbocycles. The molecule has 0 unspecified atom stereocenters. The SMILES string of the molecule is O=C(Cn1nccc1C(=O)O)Nc1ccccn1. The standard InChI is InChI=1S/C11H10N4O3/c16-10(14-9-3-1-2-5-12-9)7-15-8(11(17)18)4-6-13-15/h1-6H,7H2,(H,17,18)(H,12,14,16). The van der Waals surface area contributed by atoms with Crippen molar-refractivity contribution in [1.29, 1.82) is 0 Å². The molecule has 2 aromatic heterocycles. The summed E-state index contributed by atoms with van der Waals surface area (Å²) in [5, 5.41) is 15.2. The number of nitrogens with one attached hydrogen (secondary N) is 1. The van der Waals surface area contributed by atoms with Crippen LogP contribution in [-0.2, 0) is 11.3 Å². The Morgan fingerprint density at radius 1 is 1.28 bits per heavy atom. The average molecular weight is 246 g/mol. The van der Waals surface area contributed by atoms with Gasteiger partial charge in [0.15, 0.2) is 0 Å². The molecule has 0 aromatic carbocycles. The third-order valence-electron chi connectivity index (χ3n) is 2.16. The van der Waals surface area contributed by atoms with E-state index >= 15 is 0 Å². The number of rotatable bonds is 4. The molecule has 2 aromatic rings. The summed E-state index contributed by atoms with van der Waals surface area (Å²) in [6.07, 6.45) is 2.88. The van der Waals surface area contributed by atoms with E-state index in [4.69, 9.17) is 5.11 Å². The normalized spacial score (nSPS) is 10.0. The zero-order valence-electron chi connectivity index (χ0n) is 9.28. The maximum absolute atomic E-state index is 11.6. The predicted molar refractivity (Wildman–Crippen MR) is 62.1 cm³/mol. The Bertz CT molecular complexity index is 565. The van der Waals surface area contributed by atoms with Crippen molar-refractivity contribution < 1.29 is 14.7 Å². The maximum Gasteiger partial charge on any atom is 0.354 e. The number of carbonyl (C=O) groups is 2. The molecule has 2 heterocycles. The van der Waals surface area contributed by atoms with Gasteiger partial charge in [-0.25, -0.2) is 14.5 Å². The number of anilines is 1. The minimum absolute atomic E-state index is 0.0360. The molecule has 92 valence electrons. The molecule has 2 N–H and O–H groups in total. The van der Waals surface area contributed by atoms with E-state index in [1.807, 2.05) is 0 Å². The topological polar surface area (TPSA) is 97.1 Å². The molecule has 18 heavy (non-hydrogen) atoms. The summed E-state index contributed by atoms with van der Waals surface area (Å²) in [4.78, 5) is 26.4. The molecule has 2 rings (SSSR count). The third kappa shape index (κ3) is 2.70. The molecule has 0 fully saturated rings. The van der Waals surface area contributed by atoms with Crippen molar-refractivity contribution in [3.8, 4) is 0 Å². The molecular formula is C11H10N4O3. The van der Waals surface area contributed by atoms with Crippen LogP contribution in [0.1, 0.15) is 10.5 Å². The Kier molecular flexibility index (Phi) is 3.33. The lowest BCUT2D eigenvalue weighted by molar-refractivity contribution is -0.116. The van der Waals surface area contributed by atoms with Crippen LogP contribution in [0.3, 0.4) is 0 Å². The highest BCUT2D eigenvalue weighted by Crippen LogP contribution is 2.02. The summed E-state index contributed by atoms with van der Waals surface area (Å²) < 4.78 is 1.11. The Hall–Kier alpha value is -2.70. The van der Waals surface area contributed by atoms with Crippen LogP contribution in [0.4, 0.5) is 5.82 Å². The number of aromatic carboxylic acids is 1. The van der Waals surface area contributed by atoms with Gasteiger partial charge in [-0.3, -0.25) is 4.79 Å². The van der Waals surface area contributed by atoms with Gasteiger partial charge in [-0.05, 0) is 18.2 Å². The molecule has 0 spiro atoms. The van der Waals surface area contributed by atoms with E-state index < -0.39 is 5.97 Å². The molecule has 0 radical (unpaired) electrons. The molecule has 7 heteroatoms. The molecule has 0 saturated heterocycles. The number of carboxylic acids is 1. The second kappa shape index (κ2) is 5.09. The van der Waals surface area contributed by atoms with Crippen molar-refractivity contribution in [3.05, 3.63) is 42.4 Å². The Balaban J connectivity index is 2.04. The van der Waals surface area contributed by atoms with Gasteiger partial charge >= 0.3 is 5.97 Å². The third-order valence-corrected chi connectivity index (χ3v) is 2.16. The highest BCUT2D eigenvalue weighted by Gasteiger charge is 2.13. The number of nitrogens with zero attached hydrogens (tertiary/aromatic N) is 3. The summed E-state index contributed by atoms with van der Waals surface area (Å²) >= 11 is 0. The van der Waals surface area contributed by atoms with E-state index in [0.29, 0.717) is 5.82 Å². The number of hydrogen-bond donors (Lipinski definition) is 2. The number of pyridine rings is 1. The van der Waals surface area contributed by atoms with Crippen LogP contribution in [0.15, 0.2) is 36.7 Å². The van der Waals surface area contributed by atoms with Gasteiger partial charge in [0.25, 0.3) is 0 Å². The molecule has 7 nitrogen and oxygen atoms in total. The number of carboxylic acid groups (broad SMARTS) is 1. The number of amides is 1. The highest BCUT2D eigenvalue weighted by atomic mass is 16.4. The van der Waals surface area contributed by atoms with Crippen molar-refractivity contribution in [1.82, 2.24) is 14.8 Å². The van der Waals surface area contributed by atoms with Crippen LogP contribution in [-0.4, -0.2) is 31.7 Å². The number of carbonyl (C=O) groups excluding carboxylic acids is 1. The van der Waals surface area contributed by atoms with Gasteiger partial charge in [0.2, 0.25) is 5.91 Å². The van der Waals surface area contributed by atoms with Crippen LogP contribution >= 0.6 is 0 Å². The smallest absolute Gasteiger partial charge is 0.354 e. The van der Waals surface area contributed by atoms with Gasteiger partial charge in [0.1, 0.15) is 18.1 Å². The summed E-state index contributed by atoms with van der Waals surface area (Å²) in [5.41, 5.74) is -0.0360. The highest BCUT2D eigenvalue weighted by molar-refractivity contribution is 5.91. The zero-order chi connectivity index (χ0) is 13.0. The van der Waals surface area contributed by atoms with Crippen LogP contribution in [0.25, 0.3) is 0 Å². The minimum Gasteiger partial charge on any atom is -0.477 e. The molecule has 0 aliphatic heterocycles. The lowest BCUT2D eigenvalue weighted by atomic mass is 10.4. The van der Waals surface area contributed by atoms with Crippen LogP contribution in [0.2, 0.25) is 0 Å². The number of aromatic nitrogens is 3. The fraction of sp³-hybridized carbons (Fsp3) is 0.0909. The second-order valence-corrected chi connectivity index (χ2v) is 3.44. The second-order valence-electron chi connectivity index (χ2n) is 3.44. The quantitative estimate of drug-likeness (QED) is 0.824. The lowest BCUT2D eigenvalue weighted by Crippen LogP contribution is -2.22. The molecular weight excluding hydrogens is 236 g/mol. The van der Waals surface area contributed by atoms with E-state index in [1.54, 1.807) is 24.4 Å². The van der Waals surface area contributed by atoms with E-state index in [0.717, 1.165) is 4.68 Å². The van der Waals surface area contributed by atoms with Crippen LogP contribution in [0.5, 0.6) is 0 Å². The minimum atomic E-state index is -1.13. The van der Waals surface area contributed by atoms with Gasteiger partial charge in [0, 0.05) is 12.4 Å². The van der Waals surface area contributed by atoms with E-state index in [-0.39, 0.29) is 18.1 Å². The van der Waals surface area contributed by atoms with Gasteiger partial charge in [0.05, 0.1) is 0 Å². The summed E-state index contributed by atoms with van der Waals surface area (Å²) in [6.45, 7) is -0.175. The zero-order valence-corrected chi connectivity index (χ0v) is 9.28. The first-order valence-corrected chi connectivity index (χ1v) is 5.13. The largest absolute Gasteiger partial charge is 0.477 e. The monoisotopic (exact) mass is 246 g/mol. The molecule has 0 atom stereocenters. The van der Waals surface area contributed by atoms with Gasteiger partial charge in [-0.15, -0.1) is 0 Å². The van der Waals surface area contributed by atoms with Crippen molar-refractivity contribution in [2.45, 2.75) is 6.54 Å². The first kappa shape index (κ1) is 11.8. The van der Waals surface area contributed by atoms with Gasteiger partial charge < -0.3 is 10.4 Å². The van der Waals surface area contributed by atoms with E-state index in [1.165, 1.54) is 12.3 Å². The van der Waals surface area contributed by atoms with Gasteiger partial charge in [-0.2, -0.15) is 5.10 Å². The molecule has 0 aliphatic rings. The summed E-state index contributed by atoms with van der Waals surface area (Å²) in [5.74, 6) is -1.11. The summed E-state index contributed by atoms with van der Waals surface area (Å²) in [7, 11) is 0. The molecule has 0 bridgehead atoms. The first-order valence-electron chi connectivity index (χ1n) is 5.13. The molecule has 1 amide bonds. The van der Waals surface area contributed by atoms with E-state index in [2.05, 4.69) is 15.4 Å². The molecule has 0 saturated carbocycles. The fourth-order valence-electron chi connectivity index (χ4n) is 1.40. The maximum atomic E-state index is 11.6. The number of hydrogen-bond acceptors (Lipinski definition) is 4. The van der Waals surface area contributed by atoms with Crippen LogP contribution in [0, 0.1) is 0 Å². The summed E-state index contributed by atoms with van der Waals surface area (Å²) in [6, 6.07) is 6.43. The Labute approximate surface area is 102 Å². The van der Waals surface area contributed by atoms with Crippen LogP contribution < -0.4 is 5.32 Å². The Morgan fingerprint density at radius 2 is 2.11 bits per heavy atom. The average Bonchev–Trinajstić information content (AvgIpc) is 2.78. The van der Waals surface area contributed by atoms with E-state index in [9.17, 15) is 9.59 Å². The van der Waals surface area contributed by atoms with Gasteiger partial charge in [-0.1, -0.05) is 6.07 Å². The van der Waals surface area contributed by atoms with Crippen molar-refractivity contribution in [2.75, 3.05) is 5.32 Å². The van der Waals surface area contributed by atoms with Crippen molar-refractivity contribution in [3.63, 3.8) is 0 Å². The lowest BCUT2D eigenvalue weighted by Gasteiger charge is -2.05. The van der Waals surface area contributed by atoms with Crippen molar-refractivity contribution >= 4 is 17.7 Å². The van der Waals surface area contributed by atoms with Crippen molar-refractivity contribution in [2.24, 2.45) is 0 Å². The first-order chi connectivity index (χ1) is 8.66. The predicted octanol–water partition coefficient (Wildman–Crippen LogP) is 0.615. The fourth-order valence-corrected chi connectivity index (χ4v) is 1.40. The Morgan fingerprint density at radius 3 is 2.78 bits per heavy atom.